The van der Waals surface area contributed by atoms with Gasteiger partial charge in [0.15, 0.2) is 12.4 Å². The number of aromatic nitrogens is 1. The van der Waals surface area contributed by atoms with Crippen molar-refractivity contribution in [1.82, 2.24) is 0 Å². The minimum Gasteiger partial charge on any atom is -0.619 e. The molecular weight excluding hydrogens is 132 g/mol. The molecule has 0 bridgehead atoms. The number of hydrogen-bond acceptors (Lipinski definition) is 3. The minimum absolute atomic E-state index is 0.569. The van der Waals surface area contributed by atoms with Crippen LogP contribution >= 0.6 is 0 Å². The predicted octanol–water partition coefficient (Wildman–Crippen LogP) is 0.128. The van der Waals surface area contributed by atoms with Gasteiger partial charge in [0.1, 0.15) is 0 Å². The van der Waals surface area contributed by atoms with Crippen LogP contribution in [0.25, 0.3) is 0 Å². The van der Waals surface area contributed by atoms with E-state index >= 15 is 0 Å². The fourth-order valence-corrected chi connectivity index (χ4v) is 0.615. The maximum Gasteiger partial charge on any atom is 0.189 e. The number of hydrogen-bond donors (Lipinski definition) is 1. The van der Waals surface area contributed by atoms with E-state index in [0.717, 1.165) is 0 Å². The Bertz CT molecular complexity index is 247. The fourth-order valence-electron chi connectivity index (χ4n) is 0.615. The maximum atomic E-state index is 10.5. The van der Waals surface area contributed by atoms with E-state index in [2.05, 4.69) is 5.16 Å². The van der Waals surface area contributed by atoms with Gasteiger partial charge >= 0.3 is 0 Å². The van der Waals surface area contributed by atoms with Crippen molar-refractivity contribution in [2.45, 2.75) is 0 Å². The lowest BCUT2D eigenvalue weighted by Gasteiger charge is -1.93. The summed E-state index contributed by atoms with van der Waals surface area (Å²) < 4.78 is 0.636. The lowest BCUT2D eigenvalue weighted by molar-refractivity contribution is -0.605. The predicted molar refractivity (Wildman–Crippen MR) is 34.8 cm³/mol. The summed E-state index contributed by atoms with van der Waals surface area (Å²) in [4.78, 5) is 0. The molecule has 0 aliphatic heterocycles. The SMILES string of the molecule is [O-][n+]1cccc(/C=N\O)c1. The van der Waals surface area contributed by atoms with Crippen molar-refractivity contribution < 1.29 is 9.94 Å². The monoisotopic (exact) mass is 138 g/mol. The van der Waals surface area contributed by atoms with Crippen LogP contribution in [0.2, 0.25) is 0 Å². The van der Waals surface area contributed by atoms with Crippen LogP contribution in [0, 0.1) is 5.21 Å². The van der Waals surface area contributed by atoms with E-state index in [-0.39, 0.29) is 0 Å². The molecule has 0 spiro atoms. The van der Waals surface area contributed by atoms with Gasteiger partial charge in [-0.25, -0.2) is 0 Å². The second-order valence-electron chi connectivity index (χ2n) is 1.74. The molecule has 1 aromatic heterocycles. The molecule has 1 heterocycles. The molecule has 0 aromatic carbocycles. The van der Waals surface area contributed by atoms with Gasteiger partial charge < -0.3 is 10.4 Å². The molecule has 0 aliphatic carbocycles. The summed E-state index contributed by atoms with van der Waals surface area (Å²) >= 11 is 0. The third-order valence-electron chi connectivity index (χ3n) is 1.00. The van der Waals surface area contributed by atoms with Gasteiger partial charge in [-0.3, -0.25) is 0 Å². The van der Waals surface area contributed by atoms with Crippen molar-refractivity contribution in [3.63, 3.8) is 0 Å². The largest absolute Gasteiger partial charge is 0.619 e. The normalized spacial score (nSPS) is 10.4. The Hall–Kier alpha value is -1.58. The summed E-state index contributed by atoms with van der Waals surface area (Å²) in [5.74, 6) is 0. The summed E-state index contributed by atoms with van der Waals surface area (Å²) in [6.45, 7) is 0. The second-order valence-corrected chi connectivity index (χ2v) is 1.74. The zero-order valence-electron chi connectivity index (χ0n) is 5.14. The molecule has 0 unspecified atom stereocenters. The van der Waals surface area contributed by atoms with E-state index in [4.69, 9.17) is 5.21 Å². The average molecular weight is 138 g/mol. The summed E-state index contributed by atoms with van der Waals surface area (Å²) in [5, 5.41) is 21.4. The zero-order valence-corrected chi connectivity index (χ0v) is 5.14. The van der Waals surface area contributed by atoms with Crippen LogP contribution in [0.4, 0.5) is 0 Å². The number of oxime groups is 1. The van der Waals surface area contributed by atoms with Crippen molar-refractivity contribution in [1.29, 1.82) is 0 Å². The first kappa shape index (κ1) is 6.54. The first-order chi connectivity index (χ1) is 4.83. The van der Waals surface area contributed by atoms with Gasteiger partial charge in [0, 0.05) is 6.07 Å². The highest BCUT2D eigenvalue weighted by molar-refractivity contribution is 5.77. The third-order valence-corrected chi connectivity index (χ3v) is 1.00. The van der Waals surface area contributed by atoms with Crippen LogP contribution < -0.4 is 4.73 Å². The molecule has 0 amide bonds. The van der Waals surface area contributed by atoms with E-state index in [1.165, 1.54) is 18.6 Å². The average Bonchev–Trinajstić information content (AvgIpc) is 1.88. The van der Waals surface area contributed by atoms with Crippen LogP contribution in [0.1, 0.15) is 5.56 Å². The Labute approximate surface area is 57.6 Å². The summed E-state index contributed by atoms with van der Waals surface area (Å²) in [6.07, 6.45) is 3.85. The lowest BCUT2D eigenvalue weighted by atomic mass is 10.3. The van der Waals surface area contributed by atoms with E-state index in [9.17, 15) is 5.21 Å². The molecule has 0 fully saturated rings. The van der Waals surface area contributed by atoms with Gasteiger partial charge in [0.05, 0.1) is 11.8 Å². The molecule has 0 saturated carbocycles. The number of nitrogens with zero attached hydrogens (tertiary/aromatic N) is 2. The molecule has 0 aliphatic rings. The highest BCUT2D eigenvalue weighted by atomic mass is 16.5. The van der Waals surface area contributed by atoms with Gasteiger partial charge in [0.2, 0.25) is 0 Å². The van der Waals surface area contributed by atoms with Gasteiger partial charge in [0.25, 0.3) is 0 Å². The lowest BCUT2D eigenvalue weighted by Crippen LogP contribution is -2.24. The van der Waals surface area contributed by atoms with E-state index in [1.54, 1.807) is 12.1 Å². The first-order valence-electron chi connectivity index (χ1n) is 2.69. The van der Waals surface area contributed by atoms with Crippen molar-refractivity contribution in [2.75, 3.05) is 0 Å². The molecule has 52 valence electrons. The minimum atomic E-state index is 0.569. The van der Waals surface area contributed by atoms with Crippen LogP contribution in [0.3, 0.4) is 0 Å². The van der Waals surface area contributed by atoms with E-state index < -0.39 is 0 Å². The molecular formula is C6H6N2O2. The summed E-state index contributed by atoms with van der Waals surface area (Å²) in [6, 6.07) is 3.23. The molecule has 10 heavy (non-hydrogen) atoms. The summed E-state index contributed by atoms with van der Waals surface area (Å²) in [5.41, 5.74) is 0.569. The Kier molecular flexibility index (Phi) is 1.84. The molecule has 0 saturated heterocycles. The molecule has 1 aromatic rings. The quantitative estimate of drug-likeness (QED) is 0.197. The molecule has 4 nitrogen and oxygen atoms in total. The van der Waals surface area contributed by atoms with Gasteiger partial charge in [-0.05, 0) is 6.07 Å². The first-order valence-corrected chi connectivity index (χ1v) is 2.69. The van der Waals surface area contributed by atoms with Gasteiger partial charge in [-0.2, -0.15) is 4.73 Å². The second kappa shape index (κ2) is 2.82. The molecule has 1 rings (SSSR count). The Morgan fingerprint density at radius 3 is 3.10 bits per heavy atom. The van der Waals surface area contributed by atoms with Crippen molar-refractivity contribution in [2.24, 2.45) is 5.16 Å². The van der Waals surface area contributed by atoms with Crippen LogP contribution in [-0.4, -0.2) is 11.4 Å². The Morgan fingerprint density at radius 2 is 2.50 bits per heavy atom. The van der Waals surface area contributed by atoms with E-state index in [0.29, 0.717) is 10.3 Å². The van der Waals surface area contributed by atoms with Crippen LogP contribution in [0.5, 0.6) is 0 Å². The topological polar surface area (TPSA) is 59.5 Å². The van der Waals surface area contributed by atoms with Crippen molar-refractivity contribution in [3.8, 4) is 0 Å². The standard InChI is InChI=1S/C6H6N2O2/c9-7-4-6-2-1-3-8(10)5-6/h1-5,9H/b7-4-. The fraction of sp³-hybridized carbons (Fsp3) is 0. The van der Waals surface area contributed by atoms with E-state index in [1.807, 2.05) is 0 Å². The highest BCUT2D eigenvalue weighted by Gasteiger charge is 1.90. The number of rotatable bonds is 1. The van der Waals surface area contributed by atoms with Gasteiger partial charge in [-0.15, -0.1) is 0 Å². The Morgan fingerprint density at radius 1 is 1.70 bits per heavy atom. The zero-order chi connectivity index (χ0) is 7.40. The third kappa shape index (κ3) is 1.45. The summed E-state index contributed by atoms with van der Waals surface area (Å²) in [7, 11) is 0. The molecule has 4 heteroatoms. The molecule has 1 N–H and O–H groups in total. The molecule has 0 radical (unpaired) electrons. The van der Waals surface area contributed by atoms with Crippen LogP contribution in [0.15, 0.2) is 29.7 Å². The van der Waals surface area contributed by atoms with Crippen molar-refractivity contribution >= 4 is 6.21 Å². The van der Waals surface area contributed by atoms with Crippen molar-refractivity contribution in [3.05, 3.63) is 35.3 Å². The smallest absolute Gasteiger partial charge is 0.189 e. The highest BCUT2D eigenvalue weighted by Crippen LogP contribution is 1.87. The Balaban J connectivity index is 2.95. The number of pyridine rings is 1. The maximum absolute atomic E-state index is 10.5. The molecule has 0 atom stereocenters. The van der Waals surface area contributed by atoms with Crippen LogP contribution in [-0.2, 0) is 0 Å². The van der Waals surface area contributed by atoms with Gasteiger partial charge in [-0.1, -0.05) is 5.16 Å².